The highest BCUT2D eigenvalue weighted by Gasteiger charge is 2.22. The average molecular weight is 343 g/mol. The minimum Gasteiger partial charge on any atom is -0.378 e. The molecule has 2 heterocycles. The molecule has 0 unspecified atom stereocenters. The lowest BCUT2D eigenvalue weighted by Gasteiger charge is -2.10. The van der Waals surface area contributed by atoms with Gasteiger partial charge in [-0.2, -0.15) is 9.36 Å². The van der Waals surface area contributed by atoms with Gasteiger partial charge in [-0.1, -0.05) is 23.4 Å². The van der Waals surface area contributed by atoms with Crippen molar-refractivity contribution < 1.29 is 9.32 Å². The first-order chi connectivity index (χ1) is 11.6. The molecule has 0 spiro atoms. The van der Waals surface area contributed by atoms with Crippen LogP contribution in [0.1, 0.15) is 34.8 Å². The van der Waals surface area contributed by atoms with Crippen LogP contribution in [0.15, 0.2) is 34.9 Å². The van der Waals surface area contributed by atoms with Crippen molar-refractivity contribution in [3.8, 4) is 11.5 Å². The highest BCUT2D eigenvalue weighted by atomic mass is 32.1. The maximum absolute atomic E-state index is 12.5. The SMILES string of the molecule is CNc1snc(C)c1C(=O)N[C@H](C)c1noc(-c2ccccc2)n1. The van der Waals surface area contributed by atoms with E-state index in [2.05, 4.69) is 25.1 Å². The summed E-state index contributed by atoms with van der Waals surface area (Å²) in [5, 5.41) is 10.6. The molecule has 0 aliphatic rings. The molecular formula is C16H17N5O2S. The molecule has 24 heavy (non-hydrogen) atoms. The van der Waals surface area contributed by atoms with E-state index in [0.717, 1.165) is 10.6 Å². The van der Waals surface area contributed by atoms with Crippen LogP contribution in [0.2, 0.25) is 0 Å². The molecule has 0 aliphatic heterocycles. The van der Waals surface area contributed by atoms with Crippen LogP contribution in [0, 0.1) is 6.92 Å². The number of hydrogen-bond donors (Lipinski definition) is 2. The number of nitrogens with zero attached hydrogens (tertiary/aromatic N) is 3. The number of hydrogen-bond acceptors (Lipinski definition) is 7. The smallest absolute Gasteiger partial charge is 0.257 e. The van der Waals surface area contributed by atoms with E-state index in [1.165, 1.54) is 11.5 Å². The first-order valence-corrected chi connectivity index (χ1v) is 8.21. The van der Waals surface area contributed by atoms with Crippen molar-refractivity contribution >= 4 is 22.4 Å². The van der Waals surface area contributed by atoms with Gasteiger partial charge in [0.25, 0.3) is 11.8 Å². The van der Waals surface area contributed by atoms with E-state index in [9.17, 15) is 4.79 Å². The van der Waals surface area contributed by atoms with Crippen LogP contribution in [-0.2, 0) is 0 Å². The zero-order valence-corrected chi connectivity index (χ0v) is 14.3. The topological polar surface area (TPSA) is 92.9 Å². The average Bonchev–Trinajstić information content (AvgIpc) is 3.22. The molecule has 3 aromatic rings. The van der Waals surface area contributed by atoms with E-state index in [1.54, 1.807) is 14.0 Å². The highest BCUT2D eigenvalue weighted by Crippen LogP contribution is 2.25. The molecule has 1 aromatic carbocycles. The van der Waals surface area contributed by atoms with E-state index >= 15 is 0 Å². The Morgan fingerprint density at radius 3 is 2.75 bits per heavy atom. The summed E-state index contributed by atoms with van der Waals surface area (Å²) in [6, 6.07) is 9.11. The molecule has 2 aromatic heterocycles. The van der Waals surface area contributed by atoms with Gasteiger partial charge in [0.1, 0.15) is 5.00 Å². The third kappa shape index (κ3) is 3.13. The Bertz CT molecular complexity index is 843. The molecule has 0 saturated heterocycles. The molecule has 1 atom stereocenters. The van der Waals surface area contributed by atoms with Crippen LogP contribution in [0.4, 0.5) is 5.00 Å². The van der Waals surface area contributed by atoms with E-state index in [4.69, 9.17) is 4.52 Å². The predicted octanol–water partition coefficient (Wildman–Crippen LogP) is 3.03. The van der Waals surface area contributed by atoms with Gasteiger partial charge in [-0.05, 0) is 37.5 Å². The fourth-order valence-corrected chi connectivity index (χ4v) is 2.99. The molecule has 124 valence electrons. The number of amides is 1. The normalized spacial score (nSPS) is 12.0. The number of aryl methyl sites for hydroxylation is 1. The summed E-state index contributed by atoms with van der Waals surface area (Å²) in [7, 11) is 1.76. The van der Waals surface area contributed by atoms with E-state index in [-0.39, 0.29) is 11.9 Å². The Balaban J connectivity index is 1.76. The quantitative estimate of drug-likeness (QED) is 0.740. The van der Waals surface area contributed by atoms with E-state index < -0.39 is 0 Å². The summed E-state index contributed by atoms with van der Waals surface area (Å²) in [5.41, 5.74) is 2.07. The number of benzene rings is 1. The molecule has 1 amide bonds. The zero-order valence-electron chi connectivity index (χ0n) is 13.5. The predicted molar refractivity (Wildman–Crippen MR) is 92.0 cm³/mol. The summed E-state index contributed by atoms with van der Waals surface area (Å²) < 4.78 is 9.48. The Morgan fingerprint density at radius 1 is 1.29 bits per heavy atom. The van der Waals surface area contributed by atoms with Crippen LogP contribution >= 0.6 is 11.5 Å². The molecule has 0 radical (unpaired) electrons. The minimum absolute atomic E-state index is 0.218. The number of nitrogens with one attached hydrogen (secondary N) is 2. The first kappa shape index (κ1) is 16.1. The summed E-state index contributed by atoms with van der Waals surface area (Å²) in [6.45, 7) is 3.62. The van der Waals surface area contributed by atoms with E-state index in [1.807, 2.05) is 37.3 Å². The fraction of sp³-hybridized carbons (Fsp3) is 0.250. The summed E-state index contributed by atoms with van der Waals surface area (Å²) in [6.07, 6.45) is 0. The maximum Gasteiger partial charge on any atom is 0.257 e. The van der Waals surface area contributed by atoms with Crippen molar-refractivity contribution in [2.75, 3.05) is 12.4 Å². The van der Waals surface area contributed by atoms with Gasteiger partial charge in [0.05, 0.1) is 17.3 Å². The fourth-order valence-electron chi connectivity index (χ4n) is 2.25. The Labute approximate surface area is 143 Å². The molecule has 7 nitrogen and oxygen atoms in total. The third-order valence-electron chi connectivity index (χ3n) is 3.51. The Hall–Kier alpha value is -2.74. The number of carbonyl (C=O) groups is 1. The molecule has 8 heteroatoms. The standard InChI is InChI=1S/C16H17N5O2S/c1-9-12(16(17-3)24-21-9)14(22)18-10(2)13-19-15(23-20-13)11-7-5-4-6-8-11/h4-8,10,17H,1-3H3,(H,18,22)/t10-/m1/s1. The Kier molecular flexibility index (Phi) is 4.57. The largest absolute Gasteiger partial charge is 0.378 e. The van der Waals surface area contributed by atoms with Gasteiger partial charge >= 0.3 is 0 Å². The van der Waals surface area contributed by atoms with Crippen molar-refractivity contribution in [3.63, 3.8) is 0 Å². The van der Waals surface area contributed by atoms with Gasteiger partial charge in [0, 0.05) is 12.6 Å². The summed E-state index contributed by atoms with van der Waals surface area (Å²) in [5.74, 6) is 0.634. The highest BCUT2D eigenvalue weighted by molar-refractivity contribution is 7.10. The van der Waals surface area contributed by atoms with Gasteiger partial charge < -0.3 is 15.2 Å². The van der Waals surface area contributed by atoms with Crippen LogP contribution in [0.5, 0.6) is 0 Å². The molecule has 2 N–H and O–H groups in total. The maximum atomic E-state index is 12.5. The van der Waals surface area contributed by atoms with Gasteiger partial charge in [0.2, 0.25) is 0 Å². The van der Waals surface area contributed by atoms with Gasteiger partial charge in [-0.3, -0.25) is 4.79 Å². The molecule has 0 fully saturated rings. The van der Waals surface area contributed by atoms with Crippen molar-refractivity contribution in [2.45, 2.75) is 19.9 Å². The third-order valence-corrected chi connectivity index (χ3v) is 4.47. The van der Waals surface area contributed by atoms with Crippen LogP contribution in [0.25, 0.3) is 11.5 Å². The number of anilines is 1. The molecular weight excluding hydrogens is 326 g/mol. The van der Waals surface area contributed by atoms with E-state index in [0.29, 0.717) is 23.0 Å². The number of carbonyl (C=O) groups excluding carboxylic acids is 1. The Morgan fingerprint density at radius 2 is 2.04 bits per heavy atom. The number of rotatable bonds is 5. The van der Waals surface area contributed by atoms with Crippen molar-refractivity contribution in [2.24, 2.45) is 0 Å². The lowest BCUT2D eigenvalue weighted by atomic mass is 10.2. The van der Waals surface area contributed by atoms with Crippen LogP contribution < -0.4 is 10.6 Å². The zero-order chi connectivity index (χ0) is 17.1. The number of aromatic nitrogens is 3. The summed E-state index contributed by atoms with van der Waals surface area (Å²) >= 11 is 1.26. The first-order valence-electron chi connectivity index (χ1n) is 7.44. The molecule has 0 saturated carbocycles. The summed E-state index contributed by atoms with van der Waals surface area (Å²) in [4.78, 5) is 16.9. The molecule has 0 aliphatic carbocycles. The van der Waals surface area contributed by atoms with Crippen LogP contribution in [-0.4, -0.2) is 27.5 Å². The molecule has 0 bridgehead atoms. The van der Waals surface area contributed by atoms with Crippen LogP contribution in [0.3, 0.4) is 0 Å². The van der Waals surface area contributed by atoms with Gasteiger partial charge in [-0.15, -0.1) is 0 Å². The van der Waals surface area contributed by atoms with Crippen molar-refractivity contribution in [1.82, 2.24) is 19.8 Å². The minimum atomic E-state index is -0.386. The van der Waals surface area contributed by atoms with Crippen molar-refractivity contribution in [3.05, 3.63) is 47.4 Å². The lowest BCUT2D eigenvalue weighted by Crippen LogP contribution is -2.28. The monoisotopic (exact) mass is 343 g/mol. The van der Waals surface area contributed by atoms with Crippen molar-refractivity contribution in [1.29, 1.82) is 0 Å². The second-order valence-electron chi connectivity index (χ2n) is 5.24. The lowest BCUT2D eigenvalue weighted by molar-refractivity contribution is 0.0938. The molecule has 3 rings (SSSR count). The van der Waals surface area contributed by atoms with Gasteiger partial charge in [-0.25, -0.2) is 0 Å². The second kappa shape index (κ2) is 6.79. The van der Waals surface area contributed by atoms with Gasteiger partial charge in [0.15, 0.2) is 5.82 Å². The second-order valence-corrected chi connectivity index (χ2v) is 6.01.